The van der Waals surface area contributed by atoms with Gasteiger partial charge >= 0.3 is 12.0 Å². The molecule has 0 radical (unpaired) electrons. The first-order valence-corrected chi connectivity index (χ1v) is 13.9. The lowest BCUT2D eigenvalue weighted by atomic mass is 10.1. The van der Waals surface area contributed by atoms with Crippen molar-refractivity contribution in [2.24, 2.45) is 0 Å². The van der Waals surface area contributed by atoms with E-state index in [2.05, 4.69) is 5.32 Å². The first-order chi connectivity index (χ1) is 19.7. The lowest BCUT2D eigenvalue weighted by Gasteiger charge is -2.23. The van der Waals surface area contributed by atoms with E-state index in [9.17, 15) is 19.1 Å². The number of carbonyl (C=O) groups is 2. The molecule has 0 aliphatic rings. The predicted octanol–water partition coefficient (Wildman–Crippen LogP) is 6.68. The number of carboxylic acids is 1. The Labute approximate surface area is 248 Å². The van der Waals surface area contributed by atoms with Crippen molar-refractivity contribution < 1.29 is 33.3 Å². The van der Waals surface area contributed by atoms with Gasteiger partial charge < -0.3 is 29.5 Å². The number of ether oxygens (including phenoxy) is 3. The number of benzene rings is 3. The Bertz CT molecular complexity index is 1240. The van der Waals surface area contributed by atoms with Gasteiger partial charge in [-0.1, -0.05) is 35.3 Å². The summed E-state index contributed by atoms with van der Waals surface area (Å²) in [5.74, 6) is -0.821. The fourth-order valence-corrected chi connectivity index (χ4v) is 4.49. The lowest BCUT2D eigenvalue weighted by molar-refractivity contribution is -0.149. The van der Waals surface area contributed by atoms with Crippen LogP contribution in [0.2, 0.25) is 10.0 Å². The van der Waals surface area contributed by atoms with Gasteiger partial charge in [0.2, 0.25) is 0 Å². The highest BCUT2D eigenvalue weighted by Gasteiger charge is 2.18. The van der Waals surface area contributed by atoms with Crippen LogP contribution in [0, 0.1) is 5.82 Å². The lowest BCUT2D eigenvalue weighted by Crippen LogP contribution is -2.39. The minimum Gasteiger partial charge on any atom is -0.492 e. The monoisotopic (exact) mass is 606 g/mol. The van der Waals surface area contributed by atoms with Gasteiger partial charge in [-0.15, -0.1) is 0 Å². The topological polar surface area (TPSA) is 97.3 Å². The number of hydrogen-bond acceptors (Lipinski definition) is 5. The smallest absolute Gasteiger partial charge is 0.333 e. The molecule has 0 fully saturated rings. The minimum atomic E-state index is -1.01. The molecular formula is C30H33Cl2FN2O6. The Hall–Kier alpha value is -3.37. The molecule has 0 saturated carbocycles. The molecule has 2 amide bonds. The van der Waals surface area contributed by atoms with E-state index in [0.29, 0.717) is 54.3 Å². The van der Waals surface area contributed by atoms with Crippen molar-refractivity contribution in [1.82, 2.24) is 4.90 Å². The van der Waals surface area contributed by atoms with Gasteiger partial charge in [0, 0.05) is 41.9 Å². The van der Waals surface area contributed by atoms with Crippen LogP contribution in [0.4, 0.5) is 14.9 Å². The minimum absolute atomic E-state index is 0.217. The predicted molar refractivity (Wildman–Crippen MR) is 156 cm³/mol. The van der Waals surface area contributed by atoms with Crippen LogP contribution in [-0.4, -0.2) is 61.0 Å². The highest BCUT2D eigenvalue weighted by Crippen LogP contribution is 2.20. The quantitative estimate of drug-likeness (QED) is 0.176. The molecule has 0 heterocycles. The van der Waals surface area contributed by atoms with E-state index < -0.39 is 17.9 Å². The summed E-state index contributed by atoms with van der Waals surface area (Å²) in [7, 11) is 0. The zero-order chi connectivity index (χ0) is 29.6. The summed E-state index contributed by atoms with van der Waals surface area (Å²) in [4.78, 5) is 25.9. The number of rotatable bonds is 16. The zero-order valence-electron chi connectivity index (χ0n) is 22.7. The Kier molecular flexibility index (Phi) is 13.2. The Morgan fingerprint density at radius 2 is 1.63 bits per heavy atom. The average Bonchev–Trinajstić information content (AvgIpc) is 2.93. The van der Waals surface area contributed by atoms with E-state index >= 15 is 0 Å². The van der Waals surface area contributed by atoms with Gasteiger partial charge in [-0.05, 0) is 79.1 Å². The second kappa shape index (κ2) is 16.8. The molecular weight excluding hydrogens is 574 g/mol. The number of amides is 2. The Morgan fingerprint density at radius 3 is 2.27 bits per heavy atom. The average molecular weight is 608 g/mol. The molecule has 0 aliphatic heterocycles. The molecule has 2 N–H and O–H groups in total. The SMILES string of the molecule is CCOC(Cc1ccc(OCCN(CCCOCc2cc(Cl)cc(Cl)c2)C(=O)Nc2ccc(F)cc2)cc1)C(=O)O. The van der Waals surface area contributed by atoms with Crippen molar-refractivity contribution in [3.8, 4) is 5.75 Å². The van der Waals surface area contributed by atoms with E-state index in [-0.39, 0.29) is 25.6 Å². The molecule has 3 aromatic rings. The van der Waals surface area contributed by atoms with Gasteiger partial charge in [0.05, 0.1) is 13.2 Å². The summed E-state index contributed by atoms with van der Waals surface area (Å²) in [5, 5.41) is 13.1. The number of carboxylic acid groups (broad SMARTS) is 1. The first kappa shape index (κ1) is 32.1. The normalized spacial score (nSPS) is 11.6. The summed E-state index contributed by atoms with van der Waals surface area (Å²) >= 11 is 12.1. The molecule has 0 saturated heterocycles. The number of aliphatic carboxylic acids is 1. The van der Waals surface area contributed by atoms with Crippen molar-refractivity contribution in [2.45, 2.75) is 32.5 Å². The highest BCUT2D eigenvalue weighted by molar-refractivity contribution is 6.34. The number of hydrogen-bond donors (Lipinski definition) is 2. The van der Waals surface area contributed by atoms with Crippen LogP contribution in [0.25, 0.3) is 0 Å². The third-order valence-corrected chi connectivity index (χ3v) is 6.34. The summed E-state index contributed by atoms with van der Waals surface area (Å²) in [5.41, 5.74) is 2.13. The molecule has 8 nitrogen and oxygen atoms in total. The highest BCUT2D eigenvalue weighted by atomic mass is 35.5. The van der Waals surface area contributed by atoms with E-state index in [1.54, 1.807) is 54.3 Å². The molecule has 0 bridgehead atoms. The maximum absolute atomic E-state index is 13.3. The van der Waals surface area contributed by atoms with Crippen LogP contribution >= 0.6 is 23.2 Å². The third kappa shape index (κ3) is 11.6. The van der Waals surface area contributed by atoms with Crippen LogP contribution < -0.4 is 10.1 Å². The van der Waals surface area contributed by atoms with Gasteiger partial charge in [-0.2, -0.15) is 0 Å². The van der Waals surface area contributed by atoms with E-state index in [1.807, 2.05) is 0 Å². The van der Waals surface area contributed by atoms with E-state index in [0.717, 1.165) is 11.1 Å². The summed E-state index contributed by atoms with van der Waals surface area (Å²) < 4.78 is 30.1. The summed E-state index contributed by atoms with van der Waals surface area (Å²) in [6.45, 7) is 3.68. The first-order valence-electron chi connectivity index (χ1n) is 13.1. The number of carbonyl (C=O) groups excluding carboxylic acids is 1. The molecule has 0 aromatic heterocycles. The molecule has 1 atom stereocenters. The van der Waals surface area contributed by atoms with Crippen LogP contribution in [0.1, 0.15) is 24.5 Å². The zero-order valence-corrected chi connectivity index (χ0v) is 24.2. The van der Waals surface area contributed by atoms with Crippen molar-refractivity contribution in [3.05, 3.63) is 93.7 Å². The fraction of sp³-hybridized carbons (Fsp3) is 0.333. The molecule has 41 heavy (non-hydrogen) atoms. The Balaban J connectivity index is 1.52. The maximum Gasteiger partial charge on any atom is 0.333 e. The number of halogens is 3. The van der Waals surface area contributed by atoms with Crippen molar-refractivity contribution >= 4 is 40.9 Å². The number of nitrogens with zero attached hydrogens (tertiary/aromatic N) is 1. The van der Waals surface area contributed by atoms with Gasteiger partial charge in [0.1, 0.15) is 18.2 Å². The molecule has 3 aromatic carbocycles. The molecule has 11 heteroatoms. The number of nitrogens with one attached hydrogen (secondary N) is 1. The molecule has 220 valence electrons. The number of urea groups is 1. The summed E-state index contributed by atoms with van der Waals surface area (Å²) in [6.07, 6.45) is -0.107. The largest absolute Gasteiger partial charge is 0.492 e. The van der Waals surface area contributed by atoms with Crippen LogP contribution in [0.15, 0.2) is 66.7 Å². The van der Waals surface area contributed by atoms with Crippen molar-refractivity contribution in [3.63, 3.8) is 0 Å². The van der Waals surface area contributed by atoms with Crippen molar-refractivity contribution in [2.75, 3.05) is 38.2 Å². The molecule has 1 unspecified atom stereocenters. The van der Waals surface area contributed by atoms with Gasteiger partial charge in [0.25, 0.3) is 0 Å². The van der Waals surface area contributed by atoms with Crippen LogP contribution in [0.5, 0.6) is 5.75 Å². The number of anilines is 1. The van der Waals surface area contributed by atoms with E-state index in [4.69, 9.17) is 37.4 Å². The van der Waals surface area contributed by atoms with E-state index in [1.165, 1.54) is 24.3 Å². The van der Waals surface area contributed by atoms with Gasteiger partial charge in [0.15, 0.2) is 6.10 Å². The Morgan fingerprint density at radius 1 is 0.951 bits per heavy atom. The standard InChI is InChI=1S/C30H33Cl2FN2O6/c1-2-40-28(29(36)37)18-21-4-10-27(11-5-21)41-15-13-35(30(38)34-26-8-6-25(33)7-9-26)12-3-14-39-20-22-16-23(31)19-24(32)17-22/h4-11,16-17,19,28H,2-3,12-15,18,20H2,1H3,(H,34,38)(H,36,37). The fourth-order valence-electron chi connectivity index (χ4n) is 3.92. The van der Waals surface area contributed by atoms with Crippen molar-refractivity contribution in [1.29, 1.82) is 0 Å². The van der Waals surface area contributed by atoms with Gasteiger partial charge in [-0.3, -0.25) is 0 Å². The second-order valence-electron chi connectivity index (χ2n) is 9.09. The maximum atomic E-state index is 13.3. The molecule has 0 aliphatic carbocycles. The molecule has 3 rings (SSSR count). The van der Waals surface area contributed by atoms with Gasteiger partial charge in [-0.25, -0.2) is 14.0 Å². The molecule has 0 spiro atoms. The summed E-state index contributed by atoms with van der Waals surface area (Å²) in [6, 6.07) is 17.5. The van der Waals surface area contributed by atoms with Crippen LogP contribution in [-0.2, 0) is 27.3 Å². The third-order valence-electron chi connectivity index (χ3n) is 5.91. The second-order valence-corrected chi connectivity index (χ2v) is 9.96. The van der Waals surface area contributed by atoms with Crippen LogP contribution in [0.3, 0.4) is 0 Å².